The predicted octanol–water partition coefficient (Wildman–Crippen LogP) is 9.39. The summed E-state index contributed by atoms with van der Waals surface area (Å²) in [5.41, 5.74) is 3.86. The van der Waals surface area contributed by atoms with Gasteiger partial charge >= 0.3 is 0 Å². The van der Waals surface area contributed by atoms with Crippen molar-refractivity contribution >= 4 is 24.0 Å². The minimum absolute atomic E-state index is 0.103. The van der Waals surface area contributed by atoms with Gasteiger partial charge in [-0.2, -0.15) is 0 Å². The van der Waals surface area contributed by atoms with Gasteiger partial charge in [-0.05, 0) is 82.0 Å². The molecule has 0 aromatic heterocycles. The van der Waals surface area contributed by atoms with Crippen LogP contribution < -0.4 is 0 Å². The summed E-state index contributed by atoms with van der Waals surface area (Å²) < 4.78 is 12.8. The van der Waals surface area contributed by atoms with Gasteiger partial charge in [-0.15, -0.1) is 0 Å². The Bertz CT molecular complexity index is 1070. The van der Waals surface area contributed by atoms with Gasteiger partial charge in [0, 0.05) is 23.7 Å². The molecule has 216 valence electrons. The van der Waals surface area contributed by atoms with E-state index < -0.39 is 0 Å². The average molecular weight is 540 g/mol. The molecule has 2 aromatic rings. The number of hydrogen-bond donors (Lipinski definition) is 1. The van der Waals surface area contributed by atoms with E-state index in [0.29, 0.717) is 17.0 Å². The standard InChI is InChI=1S/C16H17NO.C9H9FO.2C4H10.CH4O/c1-11(18)14-9-13(17-2)3-4-15(14)16-7-5-12(10-16)6-8-16;1-6-3-4-8(7(2)11)5-9(6)10;2*1-3-4-2;1-2/h3-5,7,9,12H,2,6,8,10H2,1H3;3-5H,1-2H3;2*3-4H2,1-2H3;2H,1H3/t12?,16-;;;;/m0..../s1. The first-order valence-corrected chi connectivity index (χ1v) is 14.1. The third-order valence-electron chi connectivity index (χ3n) is 6.95. The zero-order valence-corrected chi connectivity index (χ0v) is 25.4. The van der Waals surface area contributed by atoms with E-state index >= 15 is 0 Å². The number of carbonyl (C=O) groups is 2. The Hall–Kier alpha value is -2.92. The van der Waals surface area contributed by atoms with Crippen molar-refractivity contribution < 1.29 is 19.1 Å². The van der Waals surface area contributed by atoms with E-state index in [1.807, 2.05) is 12.1 Å². The van der Waals surface area contributed by atoms with Crippen molar-refractivity contribution in [1.82, 2.24) is 0 Å². The Morgan fingerprint density at radius 2 is 1.56 bits per heavy atom. The summed E-state index contributed by atoms with van der Waals surface area (Å²) in [6.07, 6.45) is 13.5. The summed E-state index contributed by atoms with van der Waals surface area (Å²) in [5, 5.41) is 7.00. The number of aliphatic hydroxyl groups is 1. The molecular weight excluding hydrogens is 489 g/mol. The van der Waals surface area contributed by atoms with Crippen LogP contribution in [0.1, 0.15) is 118 Å². The fourth-order valence-corrected chi connectivity index (χ4v) is 4.25. The number of halogens is 1. The second-order valence-electron chi connectivity index (χ2n) is 9.98. The van der Waals surface area contributed by atoms with Gasteiger partial charge in [-0.3, -0.25) is 14.6 Å². The number of Topliss-reactive ketones (excluding diaryl/α,β-unsaturated/α-hetero) is 2. The Morgan fingerprint density at radius 1 is 0.974 bits per heavy atom. The maximum atomic E-state index is 12.8. The lowest BCUT2D eigenvalue weighted by atomic mass is 9.77. The summed E-state index contributed by atoms with van der Waals surface area (Å²) >= 11 is 0. The topological polar surface area (TPSA) is 66.7 Å². The van der Waals surface area contributed by atoms with Gasteiger partial charge in [0.2, 0.25) is 0 Å². The molecule has 0 saturated heterocycles. The first-order chi connectivity index (χ1) is 18.6. The molecule has 2 aromatic carbocycles. The first kappa shape index (κ1) is 36.1. The number of fused-ring (bicyclic) bond motifs is 2. The average Bonchev–Trinajstić information content (AvgIpc) is 3.58. The highest BCUT2D eigenvalue weighted by Gasteiger charge is 2.43. The fraction of sp³-hybridized carbons (Fsp3) is 0.500. The monoisotopic (exact) mass is 539 g/mol. The number of aliphatic hydroxyl groups excluding tert-OH is 1. The molecule has 0 radical (unpaired) electrons. The van der Waals surface area contributed by atoms with E-state index in [1.165, 1.54) is 50.7 Å². The number of hydrogen-bond acceptors (Lipinski definition) is 4. The fourth-order valence-electron chi connectivity index (χ4n) is 4.25. The molecule has 1 saturated carbocycles. The molecule has 2 aliphatic rings. The molecule has 2 atom stereocenters. The minimum atomic E-state index is -0.322. The van der Waals surface area contributed by atoms with Crippen molar-refractivity contribution in [3.63, 3.8) is 0 Å². The van der Waals surface area contributed by atoms with Gasteiger partial charge in [0.15, 0.2) is 11.6 Å². The molecule has 0 heterocycles. The van der Waals surface area contributed by atoms with Crippen LogP contribution in [0.25, 0.3) is 0 Å². The molecule has 4 rings (SSSR count). The van der Waals surface area contributed by atoms with Crippen molar-refractivity contribution in [2.75, 3.05) is 7.11 Å². The molecule has 0 spiro atoms. The van der Waals surface area contributed by atoms with Crippen LogP contribution in [0.15, 0.2) is 53.5 Å². The number of benzene rings is 2. The predicted molar refractivity (Wildman–Crippen MR) is 164 cm³/mol. The summed E-state index contributed by atoms with van der Waals surface area (Å²) in [6, 6.07) is 10.4. The Kier molecular flexibility index (Phi) is 17.8. The minimum Gasteiger partial charge on any atom is -0.400 e. The maximum Gasteiger partial charge on any atom is 0.160 e. The number of ketones is 2. The van der Waals surface area contributed by atoms with Crippen molar-refractivity contribution in [3.05, 3.63) is 76.6 Å². The molecular formula is C34H50FNO3. The van der Waals surface area contributed by atoms with Crippen LogP contribution >= 0.6 is 0 Å². The van der Waals surface area contributed by atoms with Gasteiger partial charge in [-0.1, -0.05) is 83.7 Å². The Morgan fingerprint density at radius 3 is 1.92 bits per heavy atom. The molecule has 1 unspecified atom stereocenters. The summed E-state index contributed by atoms with van der Waals surface area (Å²) in [5.74, 6) is 0.400. The highest BCUT2D eigenvalue weighted by atomic mass is 19.1. The molecule has 0 aliphatic heterocycles. The molecule has 5 heteroatoms. The Labute approximate surface area is 236 Å². The lowest BCUT2D eigenvalue weighted by Crippen LogP contribution is -2.20. The van der Waals surface area contributed by atoms with E-state index in [4.69, 9.17) is 5.11 Å². The van der Waals surface area contributed by atoms with Gasteiger partial charge in [-0.25, -0.2) is 4.39 Å². The Balaban J connectivity index is 0.000000587. The SMILES string of the molecule is C=Nc1ccc([C@@]23C=CC(CC2)C3)c(C(C)=O)c1.CC(=O)c1ccc(C)c(F)c1.CCCC.CCCC.CO. The number of rotatable bonds is 6. The van der Waals surface area contributed by atoms with E-state index in [1.54, 1.807) is 26.0 Å². The van der Waals surface area contributed by atoms with Crippen LogP contribution in [-0.4, -0.2) is 30.5 Å². The normalized spacial score (nSPS) is 17.6. The second kappa shape index (κ2) is 19.2. The number of carbonyl (C=O) groups excluding carboxylic acids is 2. The van der Waals surface area contributed by atoms with Crippen molar-refractivity contribution in [2.45, 2.75) is 98.8 Å². The van der Waals surface area contributed by atoms with Crippen molar-refractivity contribution in [2.24, 2.45) is 10.9 Å². The van der Waals surface area contributed by atoms with Crippen LogP contribution in [0.5, 0.6) is 0 Å². The number of aliphatic imine (C=N–C) groups is 1. The molecule has 2 bridgehead atoms. The summed E-state index contributed by atoms with van der Waals surface area (Å²) in [4.78, 5) is 26.5. The first-order valence-electron chi connectivity index (χ1n) is 14.1. The van der Waals surface area contributed by atoms with Crippen LogP contribution in [0.3, 0.4) is 0 Å². The third-order valence-corrected chi connectivity index (χ3v) is 6.95. The van der Waals surface area contributed by atoms with E-state index in [-0.39, 0.29) is 22.8 Å². The van der Waals surface area contributed by atoms with Gasteiger partial charge < -0.3 is 5.11 Å². The second-order valence-corrected chi connectivity index (χ2v) is 9.98. The number of nitrogens with zero attached hydrogens (tertiary/aromatic N) is 1. The molecule has 1 N–H and O–H groups in total. The van der Waals surface area contributed by atoms with Crippen LogP contribution in [0, 0.1) is 18.7 Å². The maximum absolute atomic E-state index is 12.8. The molecule has 0 amide bonds. The lowest BCUT2D eigenvalue weighted by molar-refractivity contribution is 0.100. The zero-order valence-electron chi connectivity index (χ0n) is 25.4. The highest BCUT2D eigenvalue weighted by molar-refractivity contribution is 5.97. The highest BCUT2D eigenvalue weighted by Crippen LogP contribution is 2.51. The van der Waals surface area contributed by atoms with Crippen LogP contribution in [0.2, 0.25) is 0 Å². The zero-order chi connectivity index (χ0) is 30.0. The largest absolute Gasteiger partial charge is 0.400 e. The third kappa shape index (κ3) is 11.4. The van der Waals surface area contributed by atoms with Crippen molar-refractivity contribution in [3.8, 4) is 0 Å². The van der Waals surface area contributed by atoms with Gasteiger partial charge in [0.25, 0.3) is 0 Å². The number of unbranched alkanes of at least 4 members (excludes halogenated alkanes) is 2. The number of aryl methyl sites for hydroxylation is 1. The van der Waals surface area contributed by atoms with Crippen LogP contribution in [0.4, 0.5) is 10.1 Å². The van der Waals surface area contributed by atoms with E-state index in [0.717, 1.165) is 31.2 Å². The van der Waals surface area contributed by atoms with E-state index in [9.17, 15) is 14.0 Å². The van der Waals surface area contributed by atoms with Crippen molar-refractivity contribution in [1.29, 1.82) is 0 Å². The van der Waals surface area contributed by atoms with Crippen LogP contribution in [-0.2, 0) is 5.41 Å². The summed E-state index contributed by atoms with van der Waals surface area (Å²) in [6.45, 7) is 17.0. The molecule has 2 aliphatic carbocycles. The molecule has 4 nitrogen and oxygen atoms in total. The quantitative estimate of drug-likeness (QED) is 0.226. The smallest absolute Gasteiger partial charge is 0.160 e. The van der Waals surface area contributed by atoms with Gasteiger partial charge in [0.05, 0.1) is 5.69 Å². The number of allylic oxidation sites excluding steroid dienone is 2. The molecule has 1 fully saturated rings. The van der Waals surface area contributed by atoms with E-state index in [2.05, 4.69) is 57.6 Å². The summed E-state index contributed by atoms with van der Waals surface area (Å²) in [7, 11) is 1.00. The van der Waals surface area contributed by atoms with Gasteiger partial charge in [0.1, 0.15) is 5.82 Å². The molecule has 39 heavy (non-hydrogen) atoms. The lowest BCUT2D eigenvalue weighted by Gasteiger charge is -2.26.